The van der Waals surface area contributed by atoms with Gasteiger partial charge in [-0.2, -0.15) is 0 Å². The second kappa shape index (κ2) is 14.7. The van der Waals surface area contributed by atoms with E-state index in [9.17, 15) is 14.4 Å². The van der Waals surface area contributed by atoms with E-state index in [1.807, 2.05) is 50.6 Å². The lowest BCUT2D eigenvalue weighted by Gasteiger charge is -2.42. The summed E-state index contributed by atoms with van der Waals surface area (Å²) in [4.78, 5) is 41.2. The van der Waals surface area contributed by atoms with Gasteiger partial charge < -0.3 is 24.5 Å². The molecule has 1 aromatic heterocycles. The first-order valence-corrected chi connectivity index (χ1v) is 13.4. The van der Waals surface area contributed by atoms with Crippen molar-refractivity contribution in [2.75, 3.05) is 46.4 Å². The van der Waals surface area contributed by atoms with Crippen molar-refractivity contribution in [3.8, 4) is 11.5 Å². The Bertz CT molecular complexity index is 1400. The van der Waals surface area contributed by atoms with Gasteiger partial charge in [-0.25, -0.2) is 4.79 Å². The molecule has 1 aliphatic rings. The second-order valence-corrected chi connectivity index (χ2v) is 10.6. The monoisotopic (exact) mass is 622 g/mol. The normalized spacial score (nSPS) is 14.0. The first-order chi connectivity index (χ1) is 19.0. The summed E-state index contributed by atoms with van der Waals surface area (Å²) < 4.78 is 18.4. The van der Waals surface area contributed by atoms with E-state index < -0.39 is 17.5 Å². The zero-order valence-corrected chi connectivity index (χ0v) is 26.3. The summed E-state index contributed by atoms with van der Waals surface area (Å²) in [7, 11) is 3.58. The molecular weight excluding hydrogens is 583 g/mol. The number of esters is 2. The fourth-order valence-electron chi connectivity index (χ4n) is 4.99. The van der Waals surface area contributed by atoms with Gasteiger partial charge in [0.2, 0.25) is 5.91 Å². The van der Waals surface area contributed by atoms with E-state index in [-0.39, 0.29) is 43.7 Å². The van der Waals surface area contributed by atoms with Crippen LogP contribution >= 0.6 is 24.8 Å². The van der Waals surface area contributed by atoms with Gasteiger partial charge in [-0.15, -0.1) is 24.8 Å². The first kappa shape index (κ1) is 34.9. The number of aryl methyl sites for hydroxylation is 1. The van der Waals surface area contributed by atoms with Crippen molar-refractivity contribution in [1.82, 2.24) is 14.4 Å². The maximum Gasteiger partial charge on any atom is 0.338 e. The third kappa shape index (κ3) is 7.74. The number of methoxy groups -OCH3 is 1. The van der Waals surface area contributed by atoms with E-state index >= 15 is 0 Å². The summed E-state index contributed by atoms with van der Waals surface area (Å²) in [5, 5.41) is 0.950. The molecule has 42 heavy (non-hydrogen) atoms. The third-order valence-corrected chi connectivity index (χ3v) is 7.88. The van der Waals surface area contributed by atoms with E-state index in [4.69, 9.17) is 19.9 Å². The fourth-order valence-corrected chi connectivity index (χ4v) is 4.99. The Balaban J connectivity index is 0.00000308. The van der Waals surface area contributed by atoms with Crippen LogP contribution in [0, 0.1) is 6.92 Å². The first-order valence-electron chi connectivity index (χ1n) is 13.4. The van der Waals surface area contributed by atoms with Crippen LogP contribution in [0.1, 0.15) is 35.5 Å². The predicted octanol–water partition coefficient (Wildman–Crippen LogP) is 3.53. The highest BCUT2D eigenvalue weighted by Crippen LogP contribution is 2.29. The molecule has 2 heterocycles. The van der Waals surface area contributed by atoms with Gasteiger partial charge in [0.1, 0.15) is 18.1 Å². The van der Waals surface area contributed by atoms with Crippen LogP contribution in [-0.4, -0.2) is 84.2 Å². The lowest BCUT2D eigenvalue weighted by atomic mass is 10.0. The number of amides is 1. The van der Waals surface area contributed by atoms with Crippen LogP contribution in [0.2, 0.25) is 0 Å². The molecule has 4 rings (SSSR count). The van der Waals surface area contributed by atoms with Crippen LogP contribution in [0.4, 0.5) is 0 Å². The average Bonchev–Trinajstić information content (AvgIpc) is 3.17. The minimum absolute atomic E-state index is 0. The van der Waals surface area contributed by atoms with Gasteiger partial charge >= 0.3 is 11.9 Å². The molecule has 0 unspecified atom stereocenters. The number of hydrogen-bond donors (Lipinski definition) is 1. The number of primary amides is 1. The number of nitrogens with two attached hydrogens (primary N) is 1. The van der Waals surface area contributed by atoms with Crippen molar-refractivity contribution in [2.24, 2.45) is 12.8 Å². The van der Waals surface area contributed by atoms with Crippen LogP contribution in [-0.2, 0) is 27.8 Å². The molecule has 230 valence electrons. The number of piperazine rings is 1. The summed E-state index contributed by atoms with van der Waals surface area (Å²) in [6, 6.07) is 12.1. The summed E-state index contributed by atoms with van der Waals surface area (Å²) in [5.41, 5.74) is 8.10. The average molecular weight is 624 g/mol. The number of benzene rings is 2. The van der Waals surface area contributed by atoms with Gasteiger partial charge in [-0.05, 0) is 68.8 Å². The number of fused-ring (bicyclic) bond motifs is 1. The number of aromatic nitrogens is 1. The van der Waals surface area contributed by atoms with Crippen molar-refractivity contribution < 1.29 is 28.6 Å². The fraction of sp³-hybridized carbons (Fsp3) is 0.433. The van der Waals surface area contributed by atoms with E-state index in [1.165, 1.54) is 0 Å². The van der Waals surface area contributed by atoms with Crippen LogP contribution in [0.25, 0.3) is 10.9 Å². The van der Waals surface area contributed by atoms with Gasteiger partial charge in [0.05, 0.1) is 24.6 Å². The molecule has 0 saturated carbocycles. The Hall–Kier alpha value is -3.31. The van der Waals surface area contributed by atoms with Crippen molar-refractivity contribution in [3.05, 3.63) is 59.3 Å². The molecule has 1 saturated heterocycles. The number of hydrogen-bond acceptors (Lipinski definition) is 8. The van der Waals surface area contributed by atoms with Crippen LogP contribution < -0.4 is 15.2 Å². The number of carbonyl (C=O) groups is 3. The molecular formula is C30H40Cl2N4O6. The van der Waals surface area contributed by atoms with Gasteiger partial charge in [0, 0.05) is 56.4 Å². The maximum absolute atomic E-state index is 12.8. The Morgan fingerprint density at radius 1 is 0.952 bits per heavy atom. The highest BCUT2D eigenvalue weighted by atomic mass is 35.5. The van der Waals surface area contributed by atoms with E-state index in [0.717, 1.165) is 54.1 Å². The Kier molecular flexibility index (Phi) is 12.2. The zero-order valence-electron chi connectivity index (χ0n) is 24.7. The van der Waals surface area contributed by atoms with Crippen LogP contribution in [0.15, 0.2) is 42.5 Å². The Morgan fingerprint density at radius 3 is 2.17 bits per heavy atom. The standard InChI is InChI=1S/C30H38N4O6.2ClH/c1-20-24(25-18-23(38-5)10-11-26(25)32(20)4)19-27(35)40-22-8-6-21(7-9-22)28(36)39-17-16-33-12-14-34(15-13-33)30(2,3)29(31)37;;/h6-11,18H,12-17,19H2,1-5H3,(H2,31,37);2*1H. The molecule has 0 radical (unpaired) electrons. The molecule has 0 bridgehead atoms. The van der Waals surface area contributed by atoms with Gasteiger partial charge in [-0.1, -0.05) is 0 Å². The van der Waals surface area contributed by atoms with Gasteiger partial charge in [-0.3, -0.25) is 19.4 Å². The SMILES string of the molecule is COc1ccc2c(c1)c(CC(=O)Oc1ccc(C(=O)OCCN3CCN(C(C)(C)C(N)=O)CC3)cc1)c(C)n2C.Cl.Cl. The molecule has 2 N–H and O–H groups in total. The second-order valence-electron chi connectivity index (χ2n) is 10.6. The summed E-state index contributed by atoms with van der Waals surface area (Å²) in [6.45, 7) is 9.47. The highest BCUT2D eigenvalue weighted by Gasteiger charge is 2.34. The van der Waals surface area contributed by atoms with Crippen molar-refractivity contribution >= 4 is 53.6 Å². The quantitative estimate of drug-likeness (QED) is 0.270. The summed E-state index contributed by atoms with van der Waals surface area (Å²) >= 11 is 0. The van der Waals surface area contributed by atoms with E-state index in [2.05, 4.69) is 9.80 Å². The Labute approximate surface area is 258 Å². The van der Waals surface area contributed by atoms with Crippen LogP contribution in [0.5, 0.6) is 11.5 Å². The minimum Gasteiger partial charge on any atom is -0.497 e. The smallest absolute Gasteiger partial charge is 0.338 e. The van der Waals surface area contributed by atoms with Crippen LogP contribution in [0.3, 0.4) is 0 Å². The topological polar surface area (TPSA) is 116 Å². The predicted molar refractivity (Wildman–Crippen MR) is 166 cm³/mol. The highest BCUT2D eigenvalue weighted by molar-refractivity contribution is 5.91. The number of rotatable bonds is 10. The lowest BCUT2D eigenvalue weighted by Crippen LogP contribution is -2.59. The number of nitrogens with zero attached hydrogens (tertiary/aromatic N) is 3. The minimum atomic E-state index is -0.679. The molecule has 0 atom stereocenters. The van der Waals surface area contributed by atoms with Crippen molar-refractivity contribution in [3.63, 3.8) is 0 Å². The maximum atomic E-state index is 12.8. The number of halogens is 2. The third-order valence-electron chi connectivity index (χ3n) is 7.88. The Morgan fingerprint density at radius 2 is 1.57 bits per heavy atom. The van der Waals surface area contributed by atoms with Gasteiger partial charge in [0.15, 0.2) is 0 Å². The molecule has 1 amide bonds. The lowest BCUT2D eigenvalue weighted by molar-refractivity contribution is -0.133. The van der Waals surface area contributed by atoms with Gasteiger partial charge in [0.25, 0.3) is 0 Å². The number of carbonyl (C=O) groups excluding carboxylic acids is 3. The molecule has 0 spiro atoms. The summed E-state index contributed by atoms with van der Waals surface area (Å²) in [5.74, 6) is -0.0906. The molecule has 2 aromatic carbocycles. The molecule has 0 aliphatic carbocycles. The molecule has 3 aromatic rings. The van der Waals surface area contributed by atoms with E-state index in [0.29, 0.717) is 17.9 Å². The molecule has 12 heteroatoms. The number of ether oxygens (including phenoxy) is 3. The molecule has 1 aliphatic heterocycles. The molecule has 1 fully saturated rings. The van der Waals surface area contributed by atoms with Crippen molar-refractivity contribution in [1.29, 1.82) is 0 Å². The van der Waals surface area contributed by atoms with Crippen molar-refractivity contribution in [2.45, 2.75) is 32.7 Å². The zero-order chi connectivity index (χ0) is 29.0. The summed E-state index contributed by atoms with van der Waals surface area (Å²) in [6.07, 6.45) is 0.106. The van der Waals surface area contributed by atoms with E-state index in [1.54, 1.807) is 31.4 Å². The largest absolute Gasteiger partial charge is 0.497 e. The molecule has 10 nitrogen and oxygen atoms in total.